The predicted molar refractivity (Wildman–Crippen MR) is 44.0 cm³/mol. The molecule has 2 rings (SSSR count). The lowest BCUT2D eigenvalue weighted by Gasteiger charge is -1.96. The highest BCUT2D eigenvalue weighted by atomic mass is 16.5. The number of esters is 1. The Bertz CT molecular complexity index is 299. The first-order valence-corrected chi connectivity index (χ1v) is 4.11. The molecular weight excluding hydrogens is 154 g/mol. The van der Waals surface area contributed by atoms with Crippen LogP contribution in [0.15, 0.2) is 18.5 Å². The van der Waals surface area contributed by atoms with Gasteiger partial charge in [0.25, 0.3) is 0 Å². The van der Waals surface area contributed by atoms with Crippen LogP contribution in [0.25, 0.3) is 0 Å². The zero-order valence-corrected chi connectivity index (χ0v) is 6.99. The predicted octanol–water partition coefficient (Wildman–Crippen LogP) is 1.75. The Morgan fingerprint density at radius 2 is 2.42 bits per heavy atom. The molecule has 0 unspecified atom stereocenters. The Kier molecular flexibility index (Phi) is 1.64. The lowest BCUT2D eigenvalue weighted by molar-refractivity contribution is -0.131. The maximum absolute atomic E-state index is 10.6. The average molecular weight is 165 g/mol. The number of hydrogen-bond acceptors (Lipinski definition) is 2. The second-order valence-corrected chi connectivity index (χ2v) is 3.12. The molecule has 3 heteroatoms. The molecule has 0 radical (unpaired) electrons. The lowest BCUT2D eigenvalue weighted by Crippen LogP contribution is -2.00. The first kappa shape index (κ1) is 7.40. The average Bonchev–Trinajstić information content (AvgIpc) is 2.73. The summed E-state index contributed by atoms with van der Waals surface area (Å²) in [6, 6.07) is 2.47. The van der Waals surface area contributed by atoms with Gasteiger partial charge in [-0.15, -0.1) is 0 Å². The number of hydrogen-bond donors (Lipinski definition) is 0. The van der Waals surface area contributed by atoms with Crippen LogP contribution < -0.4 is 4.74 Å². The Balaban J connectivity index is 2.07. The van der Waals surface area contributed by atoms with Crippen molar-refractivity contribution >= 4 is 5.97 Å². The van der Waals surface area contributed by atoms with E-state index >= 15 is 0 Å². The summed E-state index contributed by atoms with van der Waals surface area (Å²) in [6.45, 7) is 1.41. The first-order valence-electron chi connectivity index (χ1n) is 4.11. The SMILES string of the molecule is CC(=O)Oc1ccn(C2CC2)c1. The van der Waals surface area contributed by atoms with Crippen LogP contribution in [0, 0.1) is 0 Å². The summed E-state index contributed by atoms with van der Waals surface area (Å²) in [5.74, 6) is 0.387. The number of carbonyl (C=O) groups excluding carboxylic acids is 1. The van der Waals surface area contributed by atoms with E-state index in [1.807, 2.05) is 18.5 Å². The maximum atomic E-state index is 10.6. The summed E-state index contributed by atoms with van der Waals surface area (Å²) >= 11 is 0. The van der Waals surface area contributed by atoms with Gasteiger partial charge in [0, 0.05) is 25.4 Å². The normalized spacial score (nSPS) is 16.1. The molecule has 64 valence electrons. The molecule has 1 heterocycles. The minimum absolute atomic E-state index is 0.261. The third kappa shape index (κ3) is 1.49. The van der Waals surface area contributed by atoms with Gasteiger partial charge >= 0.3 is 5.97 Å². The fraction of sp³-hybridized carbons (Fsp3) is 0.444. The summed E-state index contributed by atoms with van der Waals surface area (Å²) in [5, 5.41) is 0. The molecule has 1 saturated carbocycles. The van der Waals surface area contributed by atoms with E-state index in [4.69, 9.17) is 4.74 Å². The molecule has 0 saturated heterocycles. The molecule has 1 aliphatic rings. The molecule has 0 amide bonds. The molecular formula is C9H11NO2. The van der Waals surface area contributed by atoms with Crippen molar-refractivity contribution in [2.45, 2.75) is 25.8 Å². The molecule has 0 atom stereocenters. The maximum Gasteiger partial charge on any atom is 0.308 e. The van der Waals surface area contributed by atoms with Crippen LogP contribution in [0.1, 0.15) is 25.8 Å². The fourth-order valence-electron chi connectivity index (χ4n) is 1.22. The third-order valence-corrected chi connectivity index (χ3v) is 1.92. The molecule has 1 aliphatic carbocycles. The highest BCUT2D eigenvalue weighted by molar-refractivity contribution is 5.69. The molecule has 0 N–H and O–H groups in total. The first-order chi connectivity index (χ1) is 5.75. The van der Waals surface area contributed by atoms with Crippen molar-refractivity contribution in [1.82, 2.24) is 4.57 Å². The molecule has 0 aliphatic heterocycles. The van der Waals surface area contributed by atoms with Crippen molar-refractivity contribution in [2.75, 3.05) is 0 Å². The van der Waals surface area contributed by atoms with Gasteiger partial charge in [-0.25, -0.2) is 0 Å². The zero-order valence-electron chi connectivity index (χ0n) is 6.99. The van der Waals surface area contributed by atoms with Gasteiger partial charge in [0.1, 0.15) is 5.75 Å². The minimum Gasteiger partial charge on any atom is -0.425 e. The Hall–Kier alpha value is -1.25. The molecule has 0 bridgehead atoms. The van der Waals surface area contributed by atoms with Crippen LogP contribution in [0.2, 0.25) is 0 Å². The van der Waals surface area contributed by atoms with E-state index in [0.29, 0.717) is 11.8 Å². The molecule has 1 aromatic heterocycles. The molecule has 1 fully saturated rings. The second kappa shape index (κ2) is 2.66. The van der Waals surface area contributed by atoms with Crippen LogP contribution in [0.5, 0.6) is 5.75 Å². The number of carbonyl (C=O) groups is 1. The fourth-order valence-corrected chi connectivity index (χ4v) is 1.22. The van der Waals surface area contributed by atoms with Crippen molar-refractivity contribution in [1.29, 1.82) is 0 Å². The van der Waals surface area contributed by atoms with Crippen LogP contribution in [0.4, 0.5) is 0 Å². The molecule has 12 heavy (non-hydrogen) atoms. The zero-order chi connectivity index (χ0) is 8.55. The van der Waals surface area contributed by atoms with Gasteiger partial charge in [0.15, 0.2) is 0 Å². The highest BCUT2D eigenvalue weighted by Gasteiger charge is 2.22. The number of rotatable bonds is 2. The molecule has 1 aromatic rings. The van der Waals surface area contributed by atoms with Crippen molar-refractivity contribution in [3.63, 3.8) is 0 Å². The highest BCUT2D eigenvalue weighted by Crippen LogP contribution is 2.35. The van der Waals surface area contributed by atoms with Gasteiger partial charge in [-0.3, -0.25) is 4.79 Å². The van der Waals surface area contributed by atoms with Gasteiger partial charge in [0.2, 0.25) is 0 Å². The number of ether oxygens (including phenoxy) is 1. The van der Waals surface area contributed by atoms with Crippen molar-refractivity contribution in [3.05, 3.63) is 18.5 Å². The van der Waals surface area contributed by atoms with E-state index in [0.717, 1.165) is 0 Å². The summed E-state index contributed by atoms with van der Waals surface area (Å²) < 4.78 is 7.01. The third-order valence-electron chi connectivity index (χ3n) is 1.92. The van der Waals surface area contributed by atoms with Crippen LogP contribution in [-0.4, -0.2) is 10.5 Å². The Morgan fingerprint density at radius 1 is 1.67 bits per heavy atom. The van der Waals surface area contributed by atoms with Gasteiger partial charge in [-0.05, 0) is 18.9 Å². The molecule has 3 nitrogen and oxygen atoms in total. The Morgan fingerprint density at radius 3 is 3.00 bits per heavy atom. The standard InChI is InChI=1S/C9H11NO2/c1-7(11)12-9-4-5-10(6-9)8-2-3-8/h4-6,8H,2-3H2,1H3. The second-order valence-electron chi connectivity index (χ2n) is 3.12. The molecule has 0 spiro atoms. The van der Waals surface area contributed by atoms with Gasteiger partial charge in [-0.2, -0.15) is 0 Å². The Labute approximate surface area is 70.9 Å². The molecule has 0 aromatic carbocycles. The van der Waals surface area contributed by atoms with E-state index < -0.39 is 0 Å². The van der Waals surface area contributed by atoms with E-state index in [2.05, 4.69) is 4.57 Å². The van der Waals surface area contributed by atoms with Crippen molar-refractivity contribution < 1.29 is 9.53 Å². The van der Waals surface area contributed by atoms with E-state index in [9.17, 15) is 4.79 Å². The summed E-state index contributed by atoms with van der Waals surface area (Å²) in [4.78, 5) is 10.6. The number of aromatic nitrogens is 1. The van der Waals surface area contributed by atoms with Crippen molar-refractivity contribution in [3.8, 4) is 5.75 Å². The topological polar surface area (TPSA) is 31.2 Å². The number of nitrogens with zero attached hydrogens (tertiary/aromatic N) is 1. The van der Waals surface area contributed by atoms with Crippen LogP contribution >= 0.6 is 0 Å². The lowest BCUT2D eigenvalue weighted by atomic mass is 10.6. The van der Waals surface area contributed by atoms with Gasteiger partial charge in [0.05, 0.1) is 0 Å². The van der Waals surface area contributed by atoms with E-state index in [1.54, 1.807) is 0 Å². The quantitative estimate of drug-likeness (QED) is 0.625. The summed E-state index contributed by atoms with van der Waals surface area (Å²) in [5.41, 5.74) is 0. The van der Waals surface area contributed by atoms with E-state index in [1.165, 1.54) is 19.8 Å². The largest absolute Gasteiger partial charge is 0.425 e. The smallest absolute Gasteiger partial charge is 0.308 e. The summed E-state index contributed by atoms with van der Waals surface area (Å²) in [6.07, 6.45) is 6.32. The monoisotopic (exact) mass is 165 g/mol. The van der Waals surface area contributed by atoms with Crippen LogP contribution in [-0.2, 0) is 4.79 Å². The van der Waals surface area contributed by atoms with Gasteiger partial charge in [-0.1, -0.05) is 0 Å². The summed E-state index contributed by atoms with van der Waals surface area (Å²) in [7, 11) is 0. The van der Waals surface area contributed by atoms with Gasteiger partial charge < -0.3 is 9.30 Å². The van der Waals surface area contributed by atoms with Crippen LogP contribution in [0.3, 0.4) is 0 Å². The van der Waals surface area contributed by atoms with E-state index in [-0.39, 0.29) is 5.97 Å². The minimum atomic E-state index is -0.261. The van der Waals surface area contributed by atoms with Crippen molar-refractivity contribution in [2.24, 2.45) is 0 Å².